The second-order valence-electron chi connectivity index (χ2n) is 8.65. The molecule has 0 bridgehead atoms. The molecule has 1 aromatic carbocycles. The van der Waals surface area contributed by atoms with Crippen molar-refractivity contribution in [2.75, 3.05) is 6.54 Å². The molecule has 0 aromatic heterocycles. The maximum atomic E-state index is 13.0. The van der Waals surface area contributed by atoms with E-state index in [1.807, 2.05) is 0 Å². The van der Waals surface area contributed by atoms with Gasteiger partial charge in [0, 0.05) is 6.42 Å². The summed E-state index contributed by atoms with van der Waals surface area (Å²) in [5.74, 6) is -3.00. The number of unbranched alkanes of at least 4 members (excludes halogenated alkanes) is 1. The molecule has 0 radical (unpaired) electrons. The summed E-state index contributed by atoms with van der Waals surface area (Å²) in [5, 5.41) is 25.9. The van der Waals surface area contributed by atoms with E-state index in [1.165, 1.54) is 12.1 Å². The molecule has 0 saturated heterocycles. The van der Waals surface area contributed by atoms with Gasteiger partial charge in [-0.2, -0.15) is 0 Å². The Kier molecular flexibility index (Phi) is 13.0. The second-order valence-corrected chi connectivity index (χ2v) is 8.65. The number of rotatable bonds is 16. The average molecular weight is 493 g/mol. The Balaban J connectivity index is 2.81. The van der Waals surface area contributed by atoms with Crippen LogP contribution in [0.5, 0.6) is 5.75 Å². The second kappa shape index (κ2) is 15.4. The number of amides is 3. The summed E-state index contributed by atoms with van der Waals surface area (Å²) in [6.45, 7) is 3.90. The first-order valence-electron chi connectivity index (χ1n) is 11.6. The van der Waals surface area contributed by atoms with E-state index in [1.54, 1.807) is 26.0 Å². The third-order valence-electron chi connectivity index (χ3n) is 5.31. The minimum Gasteiger partial charge on any atom is -0.508 e. The van der Waals surface area contributed by atoms with Crippen molar-refractivity contribution >= 4 is 30.0 Å². The maximum Gasteiger partial charge on any atom is 0.305 e. The minimum absolute atomic E-state index is 0.123. The molecule has 1 rings (SSSR count). The van der Waals surface area contributed by atoms with Crippen LogP contribution in [0, 0.1) is 5.92 Å². The van der Waals surface area contributed by atoms with E-state index in [0.717, 1.165) is 5.56 Å². The minimum atomic E-state index is -1.25. The van der Waals surface area contributed by atoms with Crippen molar-refractivity contribution < 1.29 is 34.2 Å². The number of nitrogens with one attached hydrogen (secondary N) is 3. The smallest absolute Gasteiger partial charge is 0.305 e. The predicted molar refractivity (Wildman–Crippen MR) is 128 cm³/mol. The fourth-order valence-electron chi connectivity index (χ4n) is 3.33. The van der Waals surface area contributed by atoms with E-state index in [0.29, 0.717) is 32.1 Å². The highest BCUT2D eigenvalue weighted by Crippen LogP contribution is 2.12. The zero-order chi connectivity index (χ0) is 26.4. The quantitative estimate of drug-likeness (QED) is 0.140. The lowest BCUT2D eigenvalue weighted by Gasteiger charge is -2.26. The van der Waals surface area contributed by atoms with Crippen molar-refractivity contribution in [2.45, 2.75) is 70.5 Å². The molecule has 194 valence electrons. The van der Waals surface area contributed by atoms with Gasteiger partial charge in [-0.15, -0.1) is 0 Å². The highest BCUT2D eigenvalue weighted by Gasteiger charge is 2.29. The Bertz CT molecular complexity index is 858. The van der Waals surface area contributed by atoms with Crippen molar-refractivity contribution in [3.63, 3.8) is 0 Å². The number of aryl methyl sites for hydroxylation is 1. The van der Waals surface area contributed by atoms with E-state index < -0.39 is 42.3 Å². The molecule has 3 atom stereocenters. The summed E-state index contributed by atoms with van der Waals surface area (Å²) in [7, 11) is 0. The monoisotopic (exact) mass is 492 g/mol. The van der Waals surface area contributed by atoms with Gasteiger partial charge in [0.2, 0.25) is 17.7 Å². The number of carboxylic acids is 1. The fourth-order valence-corrected chi connectivity index (χ4v) is 3.33. The van der Waals surface area contributed by atoms with E-state index in [9.17, 15) is 29.1 Å². The molecule has 0 heterocycles. The summed E-state index contributed by atoms with van der Waals surface area (Å²) in [6, 6.07) is 3.30. The van der Waals surface area contributed by atoms with Crippen LogP contribution in [0.3, 0.4) is 0 Å². The molecular weight excluding hydrogens is 456 g/mol. The number of nitrogens with two attached hydrogens (primary N) is 1. The van der Waals surface area contributed by atoms with E-state index in [4.69, 9.17) is 10.8 Å². The number of carbonyl (C=O) groups is 5. The summed E-state index contributed by atoms with van der Waals surface area (Å²) >= 11 is 0. The molecule has 0 aliphatic heterocycles. The van der Waals surface area contributed by atoms with Gasteiger partial charge in [0.05, 0.1) is 12.5 Å². The first-order chi connectivity index (χ1) is 16.6. The van der Waals surface area contributed by atoms with Crippen LogP contribution >= 0.6 is 0 Å². The van der Waals surface area contributed by atoms with Crippen LogP contribution in [0.25, 0.3) is 0 Å². The van der Waals surface area contributed by atoms with Gasteiger partial charge in [-0.25, -0.2) is 0 Å². The molecule has 1 unspecified atom stereocenters. The normalized spacial score (nSPS) is 13.4. The van der Waals surface area contributed by atoms with Crippen LogP contribution < -0.4 is 21.7 Å². The summed E-state index contributed by atoms with van der Waals surface area (Å²) < 4.78 is 0. The summed E-state index contributed by atoms with van der Waals surface area (Å²) in [4.78, 5) is 60.2. The van der Waals surface area contributed by atoms with Crippen LogP contribution in [0.1, 0.15) is 51.5 Å². The zero-order valence-electron chi connectivity index (χ0n) is 20.2. The predicted octanol–water partition coefficient (Wildman–Crippen LogP) is 0.238. The lowest BCUT2D eigenvalue weighted by Crippen LogP contribution is -2.56. The van der Waals surface area contributed by atoms with Crippen LogP contribution in [0.15, 0.2) is 24.3 Å². The first-order valence-corrected chi connectivity index (χ1v) is 11.6. The number of phenols is 1. The number of hydrogen-bond acceptors (Lipinski definition) is 7. The Morgan fingerprint density at radius 2 is 1.66 bits per heavy atom. The Hall–Kier alpha value is -3.47. The van der Waals surface area contributed by atoms with Gasteiger partial charge in [-0.3, -0.25) is 19.2 Å². The van der Waals surface area contributed by atoms with E-state index in [2.05, 4.69) is 16.0 Å². The van der Waals surface area contributed by atoms with Crippen LogP contribution in [-0.4, -0.2) is 64.9 Å². The summed E-state index contributed by atoms with van der Waals surface area (Å²) in [5.41, 5.74) is 6.36. The standard InChI is InChI=1S/C24H36N4O7/c1-15(2)22(28-20(31)11-8-16-6-9-18(30)10-7-16)24(35)27-19(5-3-4-12-25)23(34)26-17(14-29)13-21(32)33/h6-7,9-10,14-15,17,19,22,30H,3-5,8,11-13,25H2,1-2H3,(H,26,34)(H,27,35)(H,28,31)(H,32,33)/t17?,19-,22-/m0/s1. The number of phenolic OH excluding ortho intramolecular Hbond substituents is 1. The molecule has 11 nitrogen and oxygen atoms in total. The third-order valence-corrected chi connectivity index (χ3v) is 5.31. The maximum absolute atomic E-state index is 13.0. The van der Waals surface area contributed by atoms with E-state index in [-0.39, 0.29) is 30.4 Å². The number of carbonyl (C=O) groups excluding carboxylic acids is 4. The van der Waals surface area contributed by atoms with Gasteiger partial charge < -0.3 is 36.7 Å². The molecule has 0 saturated carbocycles. The van der Waals surface area contributed by atoms with Gasteiger partial charge in [0.25, 0.3) is 0 Å². The number of aliphatic carboxylic acids is 1. The lowest BCUT2D eigenvalue weighted by atomic mass is 10.0. The van der Waals surface area contributed by atoms with Gasteiger partial charge in [0.15, 0.2) is 0 Å². The van der Waals surface area contributed by atoms with Crippen molar-refractivity contribution in [2.24, 2.45) is 11.7 Å². The number of aldehydes is 1. The molecule has 7 N–H and O–H groups in total. The van der Waals surface area contributed by atoms with Crippen molar-refractivity contribution in [1.29, 1.82) is 0 Å². The summed E-state index contributed by atoms with van der Waals surface area (Å²) in [6.07, 6.45) is 1.64. The van der Waals surface area contributed by atoms with Gasteiger partial charge >= 0.3 is 5.97 Å². The van der Waals surface area contributed by atoms with Gasteiger partial charge in [0.1, 0.15) is 24.1 Å². The zero-order valence-corrected chi connectivity index (χ0v) is 20.2. The number of benzene rings is 1. The van der Waals surface area contributed by atoms with Crippen molar-refractivity contribution in [3.05, 3.63) is 29.8 Å². The van der Waals surface area contributed by atoms with Gasteiger partial charge in [-0.1, -0.05) is 26.0 Å². The largest absolute Gasteiger partial charge is 0.508 e. The van der Waals surface area contributed by atoms with Crippen molar-refractivity contribution in [3.8, 4) is 5.75 Å². The lowest BCUT2D eigenvalue weighted by molar-refractivity contribution is -0.139. The average Bonchev–Trinajstić information content (AvgIpc) is 2.80. The van der Waals surface area contributed by atoms with Gasteiger partial charge in [-0.05, 0) is 55.8 Å². The molecule has 0 spiro atoms. The van der Waals surface area contributed by atoms with Crippen LogP contribution in [-0.2, 0) is 30.4 Å². The molecule has 1 aromatic rings. The third kappa shape index (κ3) is 11.5. The molecule has 3 amide bonds. The number of aromatic hydroxyl groups is 1. The molecule has 0 fully saturated rings. The Labute approximate surface area is 204 Å². The highest BCUT2D eigenvalue weighted by molar-refractivity contribution is 5.93. The topological polar surface area (TPSA) is 188 Å². The van der Waals surface area contributed by atoms with Crippen molar-refractivity contribution in [1.82, 2.24) is 16.0 Å². The Morgan fingerprint density at radius 1 is 1.00 bits per heavy atom. The first kappa shape index (κ1) is 29.6. The highest BCUT2D eigenvalue weighted by atomic mass is 16.4. The molecular formula is C24H36N4O7. The molecule has 0 aliphatic rings. The Morgan fingerprint density at radius 3 is 2.20 bits per heavy atom. The number of hydrogen-bond donors (Lipinski definition) is 6. The SMILES string of the molecule is CC(C)[C@H](NC(=O)CCc1ccc(O)cc1)C(=O)N[C@@H](CCCCN)C(=O)NC(C=O)CC(=O)O. The molecule has 35 heavy (non-hydrogen) atoms. The fraction of sp³-hybridized carbons (Fsp3) is 0.542. The molecule has 11 heteroatoms. The van der Waals surface area contributed by atoms with E-state index >= 15 is 0 Å². The number of carboxylic acid groups (broad SMARTS) is 1. The van der Waals surface area contributed by atoms with Crippen LogP contribution in [0.4, 0.5) is 0 Å². The molecule has 0 aliphatic carbocycles. The van der Waals surface area contributed by atoms with Crippen LogP contribution in [0.2, 0.25) is 0 Å².